The highest BCUT2D eigenvalue weighted by Gasteiger charge is 2.23. The van der Waals surface area contributed by atoms with Crippen LogP contribution in [0.15, 0.2) is 22.7 Å². The number of anilines is 1. The van der Waals surface area contributed by atoms with Crippen molar-refractivity contribution in [1.29, 1.82) is 0 Å². The minimum atomic E-state index is -0.275. The van der Waals surface area contributed by atoms with Crippen molar-refractivity contribution in [3.8, 4) is 0 Å². The predicted molar refractivity (Wildman–Crippen MR) is 66.5 cm³/mol. The Kier molecular flexibility index (Phi) is 3.61. The van der Waals surface area contributed by atoms with Gasteiger partial charge in [-0.15, -0.1) is 0 Å². The van der Waals surface area contributed by atoms with Gasteiger partial charge < -0.3 is 10.1 Å². The van der Waals surface area contributed by atoms with Crippen LogP contribution in [0, 0.1) is 6.92 Å². The van der Waals surface area contributed by atoms with E-state index < -0.39 is 0 Å². The normalized spacial score (nSPS) is 19.8. The molecule has 1 N–H and O–H groups in total. The second kappa shape index (κ2) is 4.97. The zero-order valence-electron chi connectivity index (χ0n) is 9.13. The number of hydrogen-bond donors (Lipinski definition) is 1. The van der Waals surface area contributed by atoms with Crippen LogP contribution in [-0.2, 0) is 9.53 Å². The number of ether oxygens (including phenoxy) is 1. The van der Waals surface area contributed by atoms with E-state index in [1.54, 1.807) is 0 Å². The molecule has 16 heavy (non-hydrogen) atoms. The van der Waals surface area contributed by atoms with Gasteiger partial charge in [0, 0.05) is 16.8 Å². The van der Waals surface area contributed by atoms with Gasteiger partial charge in [0.15, 0.2) is 0 Å². The molecule has 1 fully saturated rings. The van der Waals surface area contributed by atoms with Gasteiger partial charge in [-0.25, -0.2) is 0 Å². The second-order valence-corrected chi connectivity index (χ2v) is 4.87. The lowest BCUT2D eigenvalue weighted by Gasteiger charge is -2.12. The number of amides is 1. The summed E-state index contributed by atoms with van der Waals surface area (Å²) in [6.45, 7) is 2.66. The van der Waals surface area contributed by atoms with Crippen LogP contribution >= 0.6 is 15.9 Å². The molecule has 0 bridgehead atoms. The van der Waals surface area contributed by atoms with Crippen molar-refractivity contribution in [1.82, 2.24) is 0 Å². The molecule has 0 aliphatic carbocycles. The number of aryl methyl sites for hydroxylation is 1. The fourth-order valence-corrected chi connectivity index (χ4v) is 2.24. The molecule has 1 saturated heterocycles. The summed E-state index contributed by atoms with van der Waals surface area (Å²) in [7, 11) is 0. The van der Waals surface area contributed by atoms with Gasteiger partial charge in [-0.05, 0) is 43.5 Å². The van der Waals surface area contributed by atoms with Crippen molar-refractivity contribution < 1.29 is 9.53 Å². The molecule has 0 radical (unpaired) electrons. The number of hydrogen-bond acceptors (Lipinski definition) is 2. The third-order valence-corrected chi connectivity index (χ3v) is 3.16. The first-order valence-electron chi connectivity index (χ1n) is 5.35. The Bertz CT molecular complexity index is 400. The highest BCUT2D eigenvalue weighted by molar-refractivity contribution is 9.10. The standard InChI is InChI=1S/C12H14BrNO2/c1-8-7-9(13)4-5-10(8)14-12(15)11-3-2-6-16-11/h4-5,7,11H,2-3,6H2,1H3,(H,14,15)/t11-/m1/s1. The third kappa shape index (κ3) is 2.62. The maximum Gasteiger partial charge on any atom is 0.253 e. The quantitative estimate of drug-likeness (QED) is 0.906. The zero-order chi connectivity index (χ0) is 11.5. The van der Waals surface area contributed by atoms with Gasteiger partial charge in [0.25, 0.3) is 5.91 Å². The first kappa shape index (κ1) is 11.6. The van der Waals surface area contributed by atoms with E-state index in [-0.39, 0.29) is 12.0 Å². The summed E-state index contributed by atoms with van der Waals surface area (Å²) in [6, 6.07) is 5.79. The monoisotopic (exact) mass is 283 g/mol. The number of nitrogens with one attached hydrogen (secondary N) is 1. The number of benzene rings is 1. The number of carbonyl (C=O) groups excluding carboxylic acids is 1. The van der Waals surface area contributed by atoms with E-state index in [0.717, 1.165) is 28.6 Å². The number of halogens is 1. The molecule has 1 aromatic rings. The maximum atomic E-state index is 11.8. The van der Waals surface area contributed by atoms with E-state index in [1.807, 2.05) is 25.1 Å². The van der Waals surface area contributed by atoms with Gasteiger partial charge >= 0.3 is 0 Å². The fraction of sp³-hybridized carbons (Fsp3) is 0.417. The summed E-state index contributed by atoms with van der Waals surface area (Å²) in [5, 5.41) is 2.89. The average molecular weight is 284 g/mol. The van der Waals surface area contributed by atoms with E-state index in [9.17, 15) is 4.79 Å². The Hall–Kier alpha value is -0.870. The van der Waals surface area contributed by atoms with Crippen molar-refractivity contribution in [2.75, 3.05) is 11.9 Å². The minimum absolute atomic E-state index is 0.0390. The molecule has 1 aliphatic heterocycles. The van der Waals surface area contributed by atoms with Gasteiger partial charge in [-0.1, -0.05) is 15.9 Å². The summed E-state index contributed by atoms with van der Waals surface area (Å²) in [6.07, 6.45) is 1.52. The molecule has 1 aliphatic rings. The molecular weight excluding hydrogens is 270 g/mol. The van der Waals surface area contributed by atoms with Crippen molar-refractivity contribution in [2.45, 2.75) is 25.9 Å². The molecule has 0 aromatic heterocycles. The lowest BCUT2D eigenvalue weighted by molar-refractivity contribution is -0.124. The van der Waals surface area contributed by atoms with E-state index in [2.05, 4.69) is 21.2 Å². The van der Waals surface area contributed by atoms with Crippen molar-refractivity contribution in [3.05, 3.63) is 28.2 Å². The Morgan fingerprint density at radius 2 is 2.38 bits per heavy atom. The Morgan fingerprint density at radius 1 is 1.56 bits per heavy atom. The first-order chi connectivity index (χ1) is 7.66. The van der Waals surface area contributed by atoms with Crippen molar-refractivity contribution in [2.24, 2.45) is 0 Å². The largest absolute Gasteiger partial charge is 0.368 e. The molecular formula is C12H14BrNO2. The Morgan fingerprint density at radius 3 is 3.00 bits per heavy atom. The van der Waals surface area contributed by atoms with E-state index in [4.69, 9.17) is 4.74 Å². The summed E-state index contributed by atoms with van der Waals surface area (Å²) < 4.78 is 6.34. The Balaban J connectivity index is 2.05. The highest BCUT2D eigenvalue weighted by Crippen LogP contribution is 2.21. The van der Waals surface area contributed by atoms with Crippen LogP contribution in [0.4, 0.5) is 5.69 Å². The molecule has 1 amide bonds. The minimum Gasteiger partial charge on any atom is -0.368 e. The number of carbonyl (C=O) groups is 1. The molecule has 0 spiro atoms. The lowest BCUT2D eigenvalue weighted by Crippen LogP contribution is -2.27. The van der Waals surface area contributed by atoms with Crippen LogP contribution < -0.4 is 5.32 Å². The zero-order valence-corrected chi connectivity index (χ0v) is 10.7. The van der Waals surface area contributed by atoms with Crippen LogP contribution in [0.2, 0.25) is 0 Å². The van der Waals surface area contributed by atoms with Crippen LogP contribution in [-0.4, -0.2) is 18.6 Å². The van der Waals surface area contributed by atoms with Crippen molar-refractivity contribution >= 4 is 27.5 Å². The molecule has 0 saturated carbocycles. The topological polar surface area (TPSA) is 38.3 Å². The van der Waals surface area contributed by atoms with Crippen LogP contribution in [0.3, 0.4) is 0 Å². The van der Waals surface area contributed by atoms with E-state index in [0.29, 0.717) is 6.61 Å². The second-order valence-electron chi connectivity index (χ2n) is 3.95. The van der Waals surface area contributed by atoms with Gasteiger partial charge in [-0.2, -0.15) is 0 Å². The smallest absolute Gasteiger partial charge is 0.253 e. The van der Waals surface area contributed by atoms with Crippen molar-refractivity contribution in [3.63, 3.8) is 0 Å². The predicted octanol–water partition coefficient (Wildman–Crippen LogP) is 2.88. The van der Waals surface area contributed by atoms with Crippen LogP contribution in [0.25, 0.3) is 0 Å². The lowest BCUT2D eigenvalue weighted by atomic mass is 10.2. The molecule has 1 heterocycles. The summed E-state index contributed by atoms with van der Waals surface area (Å²) in [5.74, 6) is -0.0390. The molecule has 1 atom stereocenters. The summed E-state index contributed by atoms with van der Waals surface area (Å²) >= 11 is 3.39. The van der Waals surface area contributed by atoms with E-state index in [1.165, 1.54) is 0 Å². The van der Waals surface area contributed by atoms with Crippen LogP contribution in [0.5, 0.6) is 0 Å². The van der Waals surface area contributed by atoms with Gasteiger partial charge in [0.05, 0.1) is 0 Å². The van der Waals surface area contributed by atoms with E-state index >= 15 is 0 Å². The van der Waals surface area contributed by atoms with Gasteiger partial charge in [-0.3, -0.25) is 4.79 Å². The SMILES string of the molecule is Cc1cc(Br)ccc1NC(=O)[C@H]1CCCO1. The van der Waals surface area contributed by atoms with Gasteiger partial charge in [0.1, 0.15) is 6.10 Å². The molecule has 0 unspecified atom stereocenters. The molecule has 4 heteroatoms. The average Bonchev–Trinajstić information content (AvgIpc) is 2.75. The fourth-order valence-electron chi connectivity index (χ4n) is 1.76. The molecule has 3 nitrogen and oxygen atoms in total. The number of rotatable bonds is 2. The summed E-state index contributed by atoms with van der Waals surface area (Å²) in [5.41, 5.74) is 1.89. The van der Waals surface area contributed by atoms with Crippen LogP contribution in [0.1, 0.15) is 18.4 Å². The van der Waals surface area contributed by atoms with Gasteiger partial charge in [0.2, 0.25) is 0 Å². The summed E-state index contributed by atoms with van der Waals surface area (Å²) in [4.78, 5) is 11.8. The molecule has 86 valence electrons. The maximum absolute atomic E-state index is 11.8. The Labute approximate surface area is 103 Å². The first-order valence-corrected chi connectivity index (χ1v) is 6.15. The third-order valence-electron chi connectivity index (χ3n) is 2.67. The molecule has 1 aromatic carbocycles. The highest BCUT2D eigenvalue weighted by atomic mass is 79.9. The molecule has 2 rings (SSSR count).